The molecule has 2 unspecified atom stereocenters. The van der Waals surface area contributed by atoms with Gasteiger partial charge >= 0.3 is 0 Å². The number of anilines is 1. The van der Waals surface area contributed by atoms with Gasteiger partial charge in [0.15, 0.2) is 0 Å². The van der Waals surface area contributed by atoms with Gasteiger partial charge in [0, 0.05) is 24.4 Å². The van der Waals surface area contributed by atoms with Crippen molar-refractivity contribution in [2.75, 3.05) is 19.5 Å². The number of methoxy groups -OCH3 is 2. The van der Waals surface area contributed by atoms with Crippen LogP contribution in [0.15, 0.2) is 18.2 Å². The van der Waals surface area contributed by atoms with Gasteiger partial charge in [-0.25, -0.2) is 0 Å². The molecule has 0 fully saturated rings. The highest BCUT2D eigenvalue weighted by Gasteiger charge is 2.24. The predicted molar refractivity (Wildman–Crippen MR) is 60.4 cm³/mol. The van der Waals surface area contributed by atoms with E-state index in [2.05, 4.69) is 18.3 Å². The smallest absolute Gasteiger partial charge is 0.119 e. The lowest BCUT2D eigenvalue weighted by Crippen LogP contribution is -2.26. The topological polar surface area (TPSA) is 30.5 Å². The molecule has 1 heterocycles. The number of fused-ring (bicyclic) bond motifs is 1. The number of nitrogens with one attached hydrogen (secondary N) is 1. The maximum Gasteiger partial charge on any atom is 0.119 e. The molecule has 3 heteroatoms. The van der Waals surface area contributed by atoms with Gasteiger partial charge in [0.05, 0.1) is 13.2 Å². The molecule has 2 rings (SSSR count). The third-order valence-corrected chi connectivity index (χ3v) is 2.86. The van der Waals surface area contributed by atoms with Crippen molar-refractivity contribution in [2.45, 2.75) is 25.5 Å². The van der Waals surface area contributed by atoms with E-state index in [0.29, 0.717) is 6.04 Å². The molecule has 1 N–H and O–H groups in total. The molecular formula is C12H17NO2. The maximum absolute atomic E-state index is 5.49. The summed E-state index contributed by atoms with van der Waals surface area (Å²) in [7, 11) is 3.44. The van der Waals surface area contributed by atoms with Crippen molar-refractivity contribution < 1.29 is 9.47 Å². The van der Waals surface area contributed by atoms with Crippen molar-refractivity contribution in [1.82, 2.24) is 0 Å². The van der Waals surface area contributed by atoms with Crippen LogP contribution in [0.2, 0.25) is 0 Å². The van der Waals surface area contributed by atoms with Gasteiger partial charge in [-0.15, -0.1) is 0 Å². The second kappa shape index (κ2) is 4.11. The molecule has 82 valence electrons. The molecule has 0 bridgehead atoms. The summed E-state index contributed by atoms with van der Waals surface area (Å²) in [5.41, 5.74) is 2.34. The van der Waals surface area contributed by atoms with Gasteiger partial charge in [0.2, 0.25) is 0 Å². The normalized spacial score (nSPS) is 24.2. The van der Waals surface area contributed by atoms with Crippen molar-refractivity contribution >= 4 is 5.69 Å². The zero-order valence-electron chi connectivity index (χ0n) is 9.41. The summed E-state index contributed by atoms with van der Waals surface area (Å²) in [6.07, 6.45) is 1.17. The quantitative estimate of drug-likeness (QED) is 0.808. The molecule has 0 aromatic heterocycles. The van der Waals surface area contributed by atoms with Crippen LogP contribution in [0.4, 0.5) is 5.69 Å². The average Bonchev–Trinajstić information content (AvgIpc) is 2.27. The Kier molecular flexibility index (Phi) is 2.82. The summed E-state index contributed by atoms with van der Waals surface area (Å²) in [5, 5.41) is 3.44. The van der Waals surface area contributed by atoms with Gasteiger partial charge in [0.25, 0.3) is 0 Å². The van der Waals surface area contributed by atoms with E-state index in [1.165, 1.54) is 5.56 Å². The third kappa shape index (κ3) is 1.92. The second-order valence-electron chi connectivity index (χ2n) is 3.96. The summed E-state index contributed by atoms with van der Waals surface area (Å²) in [6, 6.07) is 6.52. The molecule has 0 spiro atoms. The zero-order chi connectivity index (χ0) is 10.8. The Labute approximate surface area is 90.4 Å². The van der Waals surface area contributed by atoms with E-state index in [0.717, 1.165) is 17.9 Å². The van der Waals surface area contributed by atoms with Crippen LogP contribution in [0.1, 0.15) is 25.0 Å². The van der Waals surface area contributed by atoms with Gasteiger partial charge in [-0.3, -0.25) is 0 Å². The molecular weight excluding hydrogens is 190 g/mol. The van der Waals surface area contributed by atoms with Crippen molar-refractivity contribution in [3.05, 3.63) is 23.8 Å². The minimum absolute atomic E-state index is 0.173. The summed E-state index contributed by atoms with van der Waals surface area (Å²) in [6.45, 7) is 2.17. The molecule has 0 saturated heterocycles. The number of hydrogen-bond acceptors (Lipinski definition) is 3. The van der Waals surface area contributed by atoms with Gasteiger partial charge in [-0.1, -0.05) is 0 Å². The van der Waals surface area contributed by atoms with E-state index in [1.54, 1.807) is 14.2 Å². The van der Waals surface area contributed by atoms with Crippen LogP contribution < -0.4 is 10.1 Å². The standard InChI is InChI=1S/C12H17NO2/c1-8-6-12(15-3)10-7-9(14-2)4-5-11(10)13-8/h4-5,7-8,12-13H,6H2,1-3H3. The molecule has 1 aliphatic heterocycles. The molecule has 0 amide bonds. The molecule has 2 atom stereocenters. The first-order chi connectivity index (χ1) is 7.24. The van der Waals surface area contributed by atoms with Gasteiger partial charge in [0.1, 0.15) is 5.75 Å². The van der Waals surface area contributed by atoms with Crippen molar-refractivity contribution in [1.29, 1.82) is 0 Å². The van der Waals surface area contributed by atoms with E-state index < -0.39 is 0 Å². The maximum atomic E-state index is 5.49. The fourth-order valence-corrected chi connectivity index (χ4v) is 2.06. The number of ether oxygens (including phenoxy) is 2. The van der Waals surface area contributed by atoms with Crippen molar-refractivity contribution in [3.63, 3.8) is 0 Å². The average molecular weight is 207 g/mol. The monoisotopic (exact) mass is 207 g/mol. The zero-order valence-corrected chi connectivity index (χ0v) is 9.41. The number of hydrogen-bond donors (Lipinski definition) is 1. The highest BCUT2D eigenvalue weighted by Crippen LogP contribution is 2.36. The molecule has 1 aliphatic rings. The molecule has 15 heavy (non-hydrogen) atoms. The Hall–Kier alpha value is -1.22. The van der Waals surface area contributed by atoms with Gasteiger partial charge < -0.3 is 14.8 Å². The second-order valence-corrected chi connectivity index (χ2v) is 3.96. The Morgan fingerprint density at radius 3 is 2.80 bits per heavy atom. The van der Waals surface area contributed by atoms with E-state index in [1.807, 2.05) is 12.1 Å². The van der Waals surface area contributed by atoms with E-state index in [-0.39, 0.29) is 6.10 Å². The first-order valence-corrected chi connectivity index (χ1v) is 5.22. The van der Waals surface area contributed by atoms with Gasteiger partial charge in [-0.05, 0) is 31.5 Å². The van der Waals surface area contributed by atoms with Crippen LogP contribution in [0.25, 0.3) is 0 Å². The molecule has 0 saturated carbocycles. The van der Waals surface area contributed by atoms with Crippen molar-refractivity contribution in [2.24, 2.45) is 0 Å². The predicted octanol–water partition coefficient (Wildman–Crippen LogP) is 2.59. The highest BCUT2D eigenvalue weighted by atomic mass is 16.5. The SMILES string of the molecule is COc1ccc2c(c1)C(OC)CC(C)N2. The third-order valence-electron chi connectivity index (χ3n) is 2.86. The lowest BCUT2D eigenvalue weighted by atomic mass is 9.96. The lowest BCUT2D eigenvalue weighted by Gasteiger charge is -2.30. The Balaban J connectivity index is 2.38. The number of benzene rings is 1. The largest absolute Gasteiger partial charge is 0.497 e. The molecule has 3 nitrogen and oxygen atoms in total. The highest BCUT2D eigenvalue weighted by molar-refractivity contribution is 5.57. The molecule has 0 aliphatic carbocycles. The molecule has 1 aromatic rings. The van der Waals surface area contributed by atoms with Crippen LogP contribution in [0.5, 0.6) is 5.75 Å². The minimum Gasteiger partial charge on any atom is -0.497 e. The molecule has 1 aromatic carbocycles. The minimum atomic E-state index is 0.173. The van der Waals surface area contributed by atoms with Crippen LogP contribution in [0.3, 0.4) is 0 Å². The summed E-state index contributed by atoms with van der Waals surface area (Å²) in [5.74, 6) is 0.882. The number of rotatable bonds is 2. The summed E-state index contributed by atoms with van der Waals surface area (Å²) < 4.78 is 10.7. The summed E-state index contributed by atoms with van der Waals surface area (Å²) >= 11 is 0. The van der Waals surface area contributed by atoms with E-state index in [9.17, 15) is 0 Å². The van der Waals surface area contributed by atoms with Gasteiger partial charge in [-0.2, -0.15) is 0 Å². The Morgan fingerprint density at radius 1 is 1.33 bits per heavy atom. The van der Waals surface area contributed by atoms with Crippen LogP contribution in [-0.4, -0.2) is 20.3 Å². The van der Waals surface area contributed by atoms with Crippen LogP contribution in [0, 0.1) is 0 Å². The Morgan fingerprint density at radius 2 is 2.13 bits per heavy atom. The Bertz CT molecular complexity index is 351. The lowest BCUT2D eigenvalue weighted by molar-refractivity contribution is 0.0892. The van der Waals surface area contributed by atoms with Crippen molar-refractivity contribution in [3.8, 4) is 5.75 Å². The summed E-state index contributed by atoms with van der Waals surface area (Å²) in [4.78, 5) is 0. The van der Waals surface area contributed by atoms with Crippen LogP contribution >= 0.6 is 0 Å². The molecule has 0 radical (unpaired) electrons. The van der Waals surface area contributed by atoms with E-state index >= 15 is 0 Å². The fraction of sp³-hybridized carbons (Fsp3) is 0.500. The first kappa shape index (κ1) is 10.3. The fourth-order valence-electron chi connectivity index (χ4n) is 2.06. The van der Waals surface area contributed by atoms with Crippen LogP contribution in [-0.2, 0) is 4.74 Å². The first-order valence-electron chi connectivity index (χ1n) is 5.22. The van der Waals surface area contributed by atoms with E-state index in [4.69, 9.17) is 9.47 Å².